The fraction of sp³-hybridized carbons (Fsp3) is 0.562. The van der Waals surface area contributed by atoms with E-state index in [1.807, 2.05) is 18.2 Å². The van der Waals surface area contributed by atoms with Crippen molar-refractivity contribution in [1.82, 2.24) is 5.32 Å². The maximum Gasteiger partial charge on any atom is 0.304 e. The number of unbranched alkanes of at least 4 members (excludes halogenated alkanes) is 1. The number of rotatable bonds is 10. The maximum absolute atomic E-state index is 11.0. The molecule has 0 aliphatic rings. The molecule has 5 heteroatoms. The van der Waals surface area contributed by atoms with Crippen LogP contribution in [0.2, 0.25) is 0 Å². The number of methoxy groups -OCH3 is 2. The number of hydrogen-bond acceptors (Lipinski definition) is 4. The predicted octanol–water partition coefficient (Wildman–Crippen LogP) is 2.48. The van der Waals surface area contributed by atoms with Gasteiger partial charge in [0.05, 0.1) is 20.6 Å². The minimum absolute atomic E-state index is 0.0767. The van der Waals surface area contributed by atoms with Crippen molar-refractivity contribution in [3.8, 4) is 11.5 Å². The van der Waals surface area contributed by atoms with Crippen molar-refractivity contribution in [3.05, 3.63) is 23.8 Å². The van der Waals surface area contributed by atoms with Gasteiger partial charge in [0, 0.05) is 6.04 Å². The number of carbonyl (C=O) groups is 1. The van der Waals surface area contributed by atoms with Crippen LogP contribution in [0.4, 0.5) is 0 Å². The Morgan fingerprint density at radius 1 is 1.29 bits per heavy atom. The van der Waals surface area contributed by atoms with Crippen molar-refractivity contribution < 1.29 is 19.4 Å². The lowest BCUT2D eigenvalue weighted by molar-refractivity contribution is -0.137. The van der Waals surface area contributed by atoms with Crippen LogP contribution in [-0.4, -0.2) is 37.9 Å². The van der Waals surface area contributed by atoms with Crippen molar-refractivity contribution >= 4 is 5.97 Å². The first-order valence-corrected chi connectivity index (χ1v) is 7.26. The summed E-state index contributed by atoms with van der Waals surface area (Å²) in [5, 5.41) is 12.3. The van der Waals surface area contributed by atoms with Crippen LogP contribution in [0.1, 0.15) is 31.7 Å². The summed E-state index contributed by atoms with van der Waals surface area (Å²) in [6.45, 7) is 2.95. The lowest BCUT2D eigenvalue weighted by Gasteiger charge is -2.18. The van der Waals surface area contributed by atoms with Crippen LogP contribution in [0.25, 0.3) is 0 Å². The van der Waals surface area contributed by atoms with Gasteiger partial charge < -0.3 is 19.9 Å². The predicted molar refractivity (Wildman–Crippen MR) is 82.2 cm³/mol. The van der Waals surface area contributed by atoms with E-state index in [1.165, 1.54) is 0 Å². The maximum atomic E-state index is 11.0. The summed E-state index contributed by atoms with van der Waals surface area (Å²) in [5.41, 5.74) is 1.03. The Labute approximate surface area is 126 Å². The summed E-state index contributed by atoms with van der Waals surface area (Å²) in [4.78, 5) is 11.0. The van der Waals surface area contributed by atoms with E-state index in [-0.39, 0.29) is 12.5 Å². The van der Waals surface area contributed by atoms with Gasteiger partial charge in [0.2, 0.25) is 0 Å². The summed E-state index contributed by atoms with van der Waals surface area (Å²) < 4.78 is 10.5. The molecule has 0 aliphatic carbocycles. The first-order valence-electron chi connectivity index (χ1n) is 7.26. The summed E-state index contributed by atoms with van der Waals surface area (Å²) in [7, 11) is 3.19. The summed E-state index contributed by atoms with van der Waals surface area (Å²) in [6.07, 6.45) is 2.89. The molecule has 0 heterocycles. The van der Waals surface area contributed by atoms with Gasteiger partial charge in [-0.2, -0.15) is 0 Å². The van der Waals surface area contributed by atoms with Gasteiger partial charge in [-0.1, -0.05) is 19.4 Å². The quantitative estimate of drug-likeness (QED) is 0.649. The van der Waals surface area contributed by atoms with Gasteiger partial charge in [0.15, 0.2) is 11.5 Å². The van der Waals surface area contributed by atoms with Crippen LogP contribution in [-0.2, 0) is 11.2 Å². The molecule has 0 fully saturated rings. The number of carboxylic acids is 1. The van der Waals surface area contributed by atoms with Crippen molar-refractivity contribution in [1.29, 1.82) is 0 Å². The Bertz CT molecular complexity index is 448. The highest BCUT2D eigenvalue weighted by Gasteiger charge is 2.14. The molecule has 118 valence electrons. The third-order valence-electron chi connectivity index (χ3n) is 3.31. The highest BCUT2D eigenvalue weighted by Crippen LogP contribution is 2.28. The van der Waals surface area contributed by atoms with Crippen LogP contribution < -0.4 is 14.8 Å². The van der Waals surface area contributed by atoms with Crippen molar-refractivity contribution in [2.45, 2.75) is 38.6 Å². The summed E-state index contributed by atoms with van der Waals surface area (Å²) in [5.74, 6) is 0.553. The molecule has 2 N–H and O–H groups in total. The molecule has 0 aromatic heterocycles. The van der Waals surface area contributed by atoms with Gasteiger partial charge >= 0.3 is 5.97 Å². The molecular weight excluding hydrogens is 270 g/mol. The minimum atomic E-state index is -0.788. The zero-order valence-electron chi connectivity index (χ0n) is 13.0. The lowest BCUT2D eigenvalue weighted by Crippen LogP contribution is -2.34. The Kier molecular flexibility index (Phi) is 7.61. The average molecular weight is 295 g/mol. The van der Waals surface area contributed by atoms with Gasteiger partial charge in [0.1, 0.15) is 0 Å². The van der Waals surface area contributed by atoms with E-state index in [1.54, 1.807) is 14.2 Å². The summed E-state index contributed by atoms with van der Waals surface area (Å²) >= 11 is 0. The van der Waals surface area contributed by atoms with Crippen molar-refractivity contribution in [3.63, 3.8) is 0 Å². The fourth-order valence-electron chi connectivity index (χ4n) is 2.20. The van der Waals surface area contributed by atoms with E-state index in [4.69, 9.17) is 14.6 Å². The van der Waals surface area contributed by atoms with Gasteiger partial charge in [-0.05, 0) is 37.1 Å². The first kappa shape index (κ1) is 17.3. The molecule has 1 rings (SSSR count). The van der Waals surface area contributed by atoms with Gasteiger partial charge in [-0.15, -0.1) is 0 Å². The van der Waals surface area contributed by atoms with Crippen LogP contribution in [0.3, 0.4) is 0 Å². The Balaban J connectivity index is 2.74. The summed E-state index contributed by atoms with van der Waals surface area (Å²) in [6, 6.07) is 5.61. The zero-order chi connectivity index (χ0) is 15.7. The molecule has 1 aromatic carbocycles. The molecule has 0 aliphatic heterocycles. The van der Waals surface area contributed by atoms with Crippen LogP contribution in [0.15, 0.2) is 18.2 Å². The number of aliphatic carboxylic acids is 1. The lowest BCUT2D eigenvalue weighted by atomic mass is 10.0. The van der Waals surface area contributed by atoms with Crippen molar-refractivity contribution in [2.24, 2.45) is 0 Å². The SMILES string of the molecule is CCCCNC(CC(=O)O)Cc1ccc(OC)c(OC)c1. The molecule has 0 saturated heterocycles. The van der Waals surface area contributed by atoms with E-state index < -0.39 is 5.97 Å². The first-order chi connectivity index (χ1) is 10.1. The average Bonchev–Trinajstić information content (AvgIpc) is 2.46. The number of hydrogen-bond donors (Lipinski definition) is 2. The molecule has 1 atom stereocenters. The van der Waals surface area contributed by atoms with Gasteiger partial charge in [-0.3, -0.25) is 4.79 Å². The Morgan fingerprint density at radius 2 is 2.00 bits per heavy atom. The van der Waals surface area contributed by atoms with E-state index in [0.717, 1.165) is 24.9 Å². The van der Waals surface area contributed by atoms with Gasteiger partial charge in [-0.25, -0.2) is 0 Å². The second kappa shape index (κ2) is 9.23. The number of ether oxygens (including phenoxy) is 2. The Morgan fingerprint density at radius 3 is 2.57 bits per heavy atom. The molecule has 5 nitrogen and oxygen atoms in total. The van der Waals surface area contributed by atoms with E-state index in [9.17, 15) is 4.79 Å². The monoisotopic (exact) mass is 295 g/mol. The topological polar surface area (TPSA) is 67.8 Å². The van der Waals surface area contributed by atoms with Crippen LogP contribution in [0, 0.1) is 0 Å². The number of carboxylic acid groups (broad SMARTS) is 1. The minimum Gasteiger partial charge on any atom is -0.493 e. The molecule has 0 amide bonds. The second-order valence-electron chi connectivity index (χ2n) is 5.00. The molecule has 0 saturated carbocycles. The highest BCUT2D eigenvalue weighted by atomic mass is 16.5. The Hall–Kier alpha value is -1.75. The molecule has 0 bridgehead atoms. The van der Waals surface area contributed by atoms with Crippen LogP contribution >= 0.6 is 0 Å². The molecule has 1 unspecified atom stereocenters. The zero-order valence-corrected chi connectivity index (χ0v) is 13.0. The standard InChI is InChI=1S/C16H25NO4/c1-4-5-8-17-13(11-16(18)19)9-12-6-7-14(20-2)15(10-12)21-3/h6-7,10,13,17H,4-5,8-9,11H2,1-3H3,(H,18,19). The molecule has 21 heavy (non-hydrogen) atoms. The third-order valence-corrected chi connectivity index (χ3v) is 3.31. The normalized spacial score (nSPS) is 12.0. The van der Waals surface area contributed by atoms with E-state index in [0.29, 0.717) is 17.9 Å². The van der Waals surface area contributed by atoms with Gasteiger partial charge in [0.25, 0.3) is 0 Å². The van der Waals surface area contributed by atoms with Crippen molar-refractivity contribution in [2.75, 3.05) is 20.8 Å². The third kappa shape index (κ3) is 6.04. The fourth-order valence-corrected chi connectivity index (χ4v) is 2.20. The largest absolute Gasteiger partial charge is 0.493 e. The molecule has 0 spiro atoms. The van der Waals surface area contributed by atoms with E-state index in [2.05, 4.69) is 12.2 Å². The molecular formula is C16H25NO4. The van der Waals surface area contributed by atoms with E-state index >= 15 is 0 Å². The van der Waals surface area contributed by atoms with Crippen LogP contribution in [0.5, 0.6) is 11.5 Å². The number of benzene rings is 1. The highest BCUT2D eigenvalue weighted by molar-refractivity contribution is 5.67. The number of nitrogens with one attached hydrogen (secondary N) is 1. The molecule has 1 aromatic rings. The second-order valence-corrected chi connectivity index (χ2v) is 5.00. The smallest absolute Gasteiger partial charge is 0.304 e. The molecule has 0 radical (unpaired) electrons.